The van der Waals surface area contributed by atoms with Gasteiger partial charge in [0, 0.05) is 22.8 Å². The number of amides is 1. The summed E-state index contributed by atoms with van der Waals surface area (Å²) in [5.41, 5.74) is 5.02. The zero-order valence-corrected chi connectivity index (χ0v) is 17.2. The molecular formula is C18H17BrN6OS. The lowest BCUT2D eigenvalue weighted by Gasteiger charge is -2.04. The van der Waals surface area contributed by atoms with Crippen molar-refractivity contribution in [2.24, 2.45) is 12.1 Å². The summed E-state index contributed by atoms with van der Waals surface area (Å²) < 4.78 is 2.83. The Balaban J connectivity index is 1.56. The average molecular weight is 445 g/mol. The maximum atomic E-state index is 12.0. The molecule has 1 N–H and O–H groups in total. The highest BCUT2D eigenvalue weighted by Gasteiger charge is 2.13. The summed E-state index contributed by atoms with van der Waals surface area (Å²) in [5.74, 6) is 0.696. The first-order valence-electron chi connectivity index (χ1n) is 8.06. The van der Waals surface area contributed by atoms with Crippen molar-refractivity contribution in [1.29, 1.82) is 0 Å². The monoisotopic (exact) mass is 444 g/mol. The zero-order chi connectivity index (χ0) is 19.2. The van der Waals surface area contributed by atoms with Gasteiger partial charge in [0.05, 0.1) is 17.7 Å². The molecule has 1 aromatic carbocycles. The van der Waals surface area contributed by atoms with Gasteiger partial charge < -0.3 is 4.57 Å². The summed E-state index contributed by atoms with van der Waals surface area (Å²) >= 11 is 4.75. The first-order chi connectivity index (χ1) is 13.0. The molecule has 2 aromatic heterocycles. The number of thioether (sulfide) groups is 1. The molecule has 1 amide bonds. The molecule has 7 nitrogen and oxygen atoms in total. The number of nitrogens with zero attached hydrogens (tertiary/aromatic N) is 5. The van der Waals surface area contributed by atoms with E-state index in [1.54, 1.807) is 0 Å². The summed E-state index contributed by atoms with van der Waals surface area (Å²) in [5, 5.41) is 13.0. The van der Waals surface area contributed by atoms with Gasteiger partial charge in [0.1, 0.15) is 0 Å². The Morgan fingerprint density at radius 1 is 1.30 bits per heavy atom. The second kappa shape index (κ2) is 8.92. The number of carbonyl (C=O) groups is 1. The van der Waals surface area contributed by atoms with Gasteiger partial charge in [0.2, 0.25) is 0 Å². The molecule has 0 unspecified atom stereocenters. The number of aryl methyl sites for hydroxylation is 1. The number of benzene rings is 1. The number of carbonyl (C=O) groups excluding carboxylic acids is 1. The minimum Gasteiger partial charge on any atom is -0.305 e. The minimum atomic E-state index is -0.226. The predicted octanol–water partition coefficient (Wildman–Crippen LogP) is 3.19. The summed E-state index contributed by atoms with van der Waals surface area (Å²) in [6.07, 6.45) is 1.52. The van der Waals surface area contributed by atoms with Crippen LogP contribution >= 0.6 is 27.7 Å². The molecule has 0 fully saturated rings. The van der Waals surface area contributed by atoms with Crippen LogP contribution in [0.15, 0.2) is 57.2 Å². The molecule has 0 atom stereocenters. The fourth-order valence-corrected chi connectivity index (χ4v) is 3.39. The smallest absolute Gasteiger partial charge is 0.250 e. The average Bonchev–Trinajstić information content (AvgIpc) is 3.01. The number of hydrogen-bond donors (Lipinski definition) is 1. The quantitative estimate of drug-likeness (QED) is 0.358. The molecule has 0 saturated carbocycles. The van der Waals surface area contributed by atoms with Crippen molar-refractivity contribution < 1.29 is 4.79 Å². The van der Waals surface area contributed by atoms with Gasteiger partial charge in [-0.25, -0.2) is 5.43 Å². The Kier molecular flexibility index (Phi) is 6.36. The Hall–Kier alpha value is -2.52. The summed E-state index contributed by atoms with van der Waals surface area (Å²) in [4.78, 5) is 16.3. The zero-order valence-electron chi connectivity index (χ0n) is 14.8. The van der Waals surface area contributed by atoms with Gasteiger partial charge in [0.15, 0.2) is 11.0 Å². The van der Waals surface area contributed by atoms with Crippen molar-refractivity contribution in [2.45, 2.75) is 12.1 Å². The van der Waals surface area contributed by atoms with Gasteiger partial charge in [-0.1, -0.05) is 45.9 Å². The van der Waals surface area contributed by atoms with E-state index in [2.05, 4.69) is 41.6 Å². The second-order valence-electron chi connectivity index (χ2n) is 5.66. The van der Waals surface area contributed by atoms with E-state index in [1.165, 1.54) is 18.0 Å². The molecule has 0 saturated heterocycles. The first-order valence-corrected chi connectivity index (χ1v) is 9.84. The summed E-state index contributed by atoms with van der Waals surface area (Å²) in [7, 11) is 1.87. The van der Waals surface area contributed by atoms with Crippen LogP contribution < -0.4 is 5.43 Å². The molecular weight excluding hydrogens is 428 g/mol. The Labute approximate surface area is 169 Å². The van der Waals surface area contributed by atoms with E-state index in [0.29, 0.717) is 10.9 Å². The largest absolute Gasteiger partial charge is 0.305 e. The molecule has 3 aromatic rings. The molecule has 0 aliphatic rings. The Morgan fingerprint density at radius 2 is 2.11 bits per heavy atom. The number of halogens is 1. The van der Waals surface area contributed by atoms with Crippen molar-refractivity contribution in [3.05, 3.63) is 58.3 Å². The topological polar surface area (TPSA) is 85.1 Å². The molecule has 27 heavy (non-hydrogen) atoms. The second-order valence-corrected chi connectivity index (χ2v) is 7.52. The van der Waals surface area contributed by atoms with E-state index in [1.807, 2.05) is 61.0 Å². The van der Waals surface area contributed by atoms with Crippen LogP contribution in [0.3, 0.4) is 0 Å². The lowest BCUT2D eigenvalue weighted by atomic mass is 10.2. The highest BCUT2D eigenvalue weighted by atomic mass is 79.9. The number of hydrogen-bond acceptors (Lipinski definition) is 6. The Morgan fingerprint density at radius 3 is 2.89 bits per heavy atom. The van der Waals surface area contributed by atoms with Crippen LogP contribution in [0.5, 0.6) is 0 Å². The van der Waals surface area contributed by atoms with E-state index in [0.717, 1.165) is 21.6 Å². The predicted molar refractivity (Wildman–Crippen MR) is 110 cm³/mol. The molecule has 138 valence electrons. The lowest BCUT2D eigenvalue weighted by Crippen LogP contribution is -2.20. The van der Waals surface area contributed by atoms with Crippen molar-refractivity contribution >= 4 is 39.8 Å². The molecule has 2 heterocycles. The van der Waals surface area contributed by atoms with Crippen molar-refractivity contribution in [3.63, 3.8) is 0 Å². The van der Waals surface area contributed by atoms with Gasteiger partial charge in [0.25, 0.3) is 5.91 Å². The molecule has 3 rings (SSSR count). The minimum absolute atomic E-state index is 0.184. The highest BCUT2D eigenvalue weighted by molar-refractivity contribution is 9.10. The molecule has 0 bridgehead atoms. The van der Waals surface area contributed by atoms with E-state index in [-0.39, 0.29) is 11.7 Å². The fraction of sp³-hybridized carbons (Fsp3) is 0.167. The standard InChI is InChI=1S/C18H17BrN6OS/c1-12-5-3-8-15(21-12)10-20-22-16(26)11-27-18-24-23-17(25(18)2)13-6-4-7-14(19)9-13/h3-10H,11H2,1-2H3,(H,22,26)/b20-10+. The van der Waals surface area contributed by atoms with Crippen LogP contribution in [0.2, 0.25) is 0 Å². The van der Waals surface area contributed by atoms with E-state index >= 15 is 0 Å². The number of rotatable bonds is 6. The van der Waals surface area contributed by atoms with Crippen LogP contribution in [0, 0.1) is 6.92 Å². The van der Waals surface area contributed by atoms with Crippen LogP contribution in [0.25, 0.3) is 11.4 Å². The van der Waals surface area contributed by atoms with Crippen LogP contribution in [0.1, 0.15) is 11.4 Å². The SMILES string of the molecule is Cc1cccc(/C=N/NC(=O)CSc2nnc(-c3cccc(Br)c3)n2C)n1. The third-order valence-electron chi connectivity index (χ3n) is 3.55. The van der Waals surface area contributed by atoms with Crippen LogP contribution in [0.4, 0.5) is 0 Å². The summed E-state index contributed by atoms with van der Waals surface area (Å²) in [6, 6.07) is 13.4. The first kappa shape index (κ1) is 19.2. The molecule has 9 heteroatoms. The van der Waals surface area contributed by atoms with Crippen molar-refractivity contribution in [1.82, 2.24) is 25.2 Å². The maximum absolute atomic E-state index is 12.0. The van der Waals surface area contributed by atoms with Gasteiger partial charge in [-0.05, 0) is 31.2 Å². The fourth-order valence-electron chi connectivity index (χ4n) is 2.29. The third-order valence-corrected chi connectivity index (χ3v) is 5.06. The van der Waals surface area contributed by atoms with Crippen molar-refractivity contribution in [3.8, 4) is 11.4 Å². The molecule has 0 spiro atoms. The molecule has 0 aliphatic heterocycles. The van der Waals surface area contributed by atoms with E-state index < -0.39 is 0 Å². The third kappa shape index (κ3) is 5.24. The van der Waals surface area contributed by atoms with Crippen molar-refractivity contribution in [2.75, 3.05) is 5.75 Å². The normalized spacial score (nSPS) is 11.1. The Bertz CT molecular complexity index is 987. The van der Waals surface area contributed by atoms with Gasteiger partial charge in [-0.3, -0.25) is 9.78 Å². The van der Waals surface area contributed by atoms with E-state index in [4.69, 9.17) is 0 Å². The molecule has 0 radical (unpaired) electrons. The lowest BCUT2D eigenvalue weighted by molar-refractivity contribution is -0.118. The number of hydrazone groups is 1. The van der Waals surface area contributed by atoms with Gasteiger partial charge in [-0.2, -0.15) is 5.10 Å². The van der Waals surface area contributed by atoms with Crippen LogP contribution in [-0.4, -0.2) is 37.6 Å². The van der Waals surface area contributed by atoms with Gasteiger partial charge in [-0.15, -0.1) is 10.2 Å². The highest BCUT2D eigenvalue weighted by Crippen LogP contribution is 2.24. The van der Waals surface area contributed by atoms with Gasteiger partial charge >= 0.3 is 0 Å². The van der Waals surface area contributed by atoms with Crippen LogP contribution in [-0.2, 0) is 11.8 Å². The van der Waals surface area contributed by atoms with E-state index in [9.17, 15) is 4.79 Å². The summed E-state index contributed by atoms with van der Waals surface area (Å²) in [6.45, 7) is 1.90. The molecule has 0 aliphatic carbocycles. The number of aromatic nitrogens is 4. The number of nitrogens with one attached hydrogen (secondary N) is 1. The number of pyridine rings is 1. The maximum Gasteiger partial charge on any atom is 0.250 e.